The number of ether oxygens (including phenoxy) is 1. The summed E-state index contributed by atoms with van der Waals surface area (Å²) in [7, 11) is 0. The number of benzene rings is 1. The molecule has 0 spiro atoms. The Morgan fingerprint density at radius 1 is 1.24 bits per heavy atom. The number of halogens is 3. The molecule has 0 saturated heterocycles. The van der Waals surface area contributed by atoms with Gasteiger partial charge in [-0.05, 0) is 25.0 Å². The Balaban J connectivity index is 2.00. The number of carbonyl (C=O) groups excluding carboxylic acids is 1. The maximum absolute atomic E-state index is 14.9. The molecular weight excluding hydrogens is 380 g/mol. The van der Waals surface area contributed by atoms with Crippen molar-refractivity contribution in [3.63, 3.8) is 0 Å². The first-order chi connectivity index (χ1) is 11.6. The van der Waals surface area contributed by atoms with E-state index in [4.69, 9.17) is 33.7 Å². The van der Waals surface area contributed by atoms with Crippen molar-refractivity contribution in [2.75, 3.05) is 5.73 Å². The minimum Gasteiger partial charge on any atom is -0.481 e. The molecule has 10 heteroatoms. The minimum atomic E-state index is -2.95. The van der Waals surface area contributed by atoms with E-state index in [2.05, 4.69) is 0 Å². The molecule has 0 aromatic heterocycles. The first-order valence-corrected chi connectivity index (χ1v) is 7.96. The molecule has 4 unspecified atom stereocenters. The van der Waals surface area contributed by atoms with E-state index in [0.717, 1.165) is 0 Å². The van der Waals surface area contributed by atoms with Crippen LogP contribution in [-0.4, -0.2) is 39.4 Å². The number of esters is 1. The number of fused-ring (bicyclic) bond motifs is 1. The molecule has 0 heterocycles. The number of anilines is 1. The minimum absolute atomic E-state index is 0.00306. The van der Waals surface area contributed by atoms with Crippen molar-refractivity contribution in [2.24, 2.45) is 11.8 Å². The molecule has 0 bridgehead atoms. The Hall–Kier alpha value is -2.06. The monoisotopic (exact) mass is 391 g/mol. The largest absolute Gasteiger partial charge is 0.481 e. The van der Waals surface area contributed by atoms with Gasteiger partial charge in [-0.1, -0.05) is 23.2 Å². The summed E-state index contributed by atoms with van der Waals surface area (Å²) in [5, 5.41) is 18.4. The first kappa shape index (κ1) is 17.8. The Bertz CT molecular complexity index is 817. The standard InChI is InChI=1S/C15H12Cl2FNO6/c16-7-3-1-5(10(19)9(7)17)12(22)25-15-6(11(20)21)2-4-8(15)14(15,18)13(23)24/h1,3,6,8H,2,4,19H2,(H,20,21)(H,23,24). The van der Waals surface area contributed by atoms with E-state index >= 15 is 0 Å². The van der Waals surface area contributed by atoms with Crippen molar-refractivity contribution in [2.45, 2.75) is 24.1 Å². The number of hydrogen-bond acceptors (Lipinski definition) is 5. The average Bonchev–Trinajstić information content (AvgIpc) is 2.87. The molecule has 0 aliphatic heterocycles. The predicted molar refractivity (Wildman–Crippen MR) is 84.3 cm³/mol. The van der Waals surface area contributed by atoms with Crippen LogP contribution in [0.25, 0.3) is 0 Å². The Morgan fingerprint density at radius 3 is 2.40 bits per heavy atom. The number of nitrogen functional groups attached to an aromatic ring is 1. The molecule has 3 rings (SSSR count). The second kappa shape index (κ2) is 5.47. The van der Waals surface area contributed by atoms with E-state index in [1.165, 1.54) is 12.1 Å². The van der Waals surface area contributed by atoms with Crippen molar-refractivity contribution in [3.05, 3.63) is 27.7 Å². The highest BCUT2D eigenvalue weighted by molar-refractivity contribution is 6.44. The van der Waals surface area contributed by atoms with Crippen LogP contribution in [0.5, 0.6) is 0 Å². The number of rotatable bonds is 4. The van der Waals surface area contributed by atoms with Crippen molar-refractivity contribution in [3.8, 4) is 0 Å². The van der Waals surface area contributed by atoms with Crippen molar-refractivity contribution in [1.29, 1.82) is 0 Å². The van der Waals surface area contributed by atoms with Gasteiger partial charge in [-0.15, -0.1) is 0 Å². The maximum atomic E-state index is 14.9. The van der Waals surface area contributed by atoms with Crippen LogP contribution < -0.4 is 5.73 Å². The van der Waals surface area contributed by atoms with E-state index < -0.39 is 41.0 Å². The second-order valence-corrected chi connectivity index (χ2v) is 6.83. The number of carbonyl (C=O) groups is 3. The van der Waals surface area contributed by atoms with Crippen LogP contribution in [0, 0.1) is 11.8 Å². The summed E-state index contributed by atoms with van der Waals surface area (Å²) in [6.07, 6.45) is -0.0208. The zero-order chi connectivity index (χ0) is 18.7. The number of carboxylic acid groups (broad SMARTS) is 2. The Labute approximate surface area is 150 Å². The van der Waals surface area contributed by atoms with E-state index in [1.54, 1.807) is 0 Å². The summed E-state index contributed by atoms with van der Waals surface area (Å²) in [5.74, 6) is -7.15. The molecular formula is C15H12Cl2FNO6. The smallest absolute Gasteiger partial charge is 0.346 e. The van der Waals surface area contributed by atoms with E-state index in [9.17, 15) is 29.0 Å². The van der Waals surface area contributed by atoms with Crippen LogP contribution in [0.1, 0.15) is 23.2 Å². The zero-order valence-electron chi connectivity index (χ0n) is 12.5. The van der Waals surface area contributed by atoms with Gasteiger partial charge in [0.05, 0.1) is 27.2 Å². The molecule has 4 atom stereocenters. The van der Waals surface area contributed by atoms with E-state index in [-0.39, 0.29) is 34.1 Å². The van der Waals surface area contributed by atoms with E-state index in [1.807, 2.05) is 0 Å². The van der Waals surface area contributed by atoms with Gasteiger partial charge < -0.3 is 20.7 Å². The molecule has 0 amide bonds. The number of hydrogen-bond donors (Lipinski definition) is 3. The summed E-state index contributed by atoms with van der Waals surface area (Å²) in [6, 6.07) is 2.45. The second-order valence-electron chi connectivity index (χ2n) is 6.04. The highest BCUT2D eigenvalue weighted by Gasteiger charge is 2.92. The van der Waals surface area contributed by atoms with Gasteiger partial charge in [0, 0.05) is 0 Å². The lowest BCUT2D eigenvalue weighted by Gasteiger charge is -2.23. The Morgan fingerprint density at radius 2 is 1.88 bits per heavy atom. The lowest BCUT2D eigenvalue weighted by atomic mass is 9.95. The number of aliphatic carboxylic acids is 2. The number of nitrogens with two attached hydrogens (primary N) is 1. The van der Waals surface area contributed by atoms with E-state index in [0.29, 0.717) is 0 Å². The third-order valence-corrected chi connectivity index (χ3v) is 5.79. The maximum Gasteiger partial charge on any atom is 0.346 e. The molecule has 0 radical (unpaired) electrons. The molecule has 2 fully saturated rings. The van der Waals surface area contributed by atoms with Crippen LogP contribution >= 0.6 is 23.2 Å². The molecule has 2 saturated carbocycles. The molecule has 1 aromatic rings. The fraction of sp³-hybridized carbons (Fsp3) is 0.400. The van der Waals surface area contributed by atoms with Gasteiger partial charge in [-0.2, -0.15) is 0 Å². The third-order valence-electron chi connectivity index (χ3n) is 4.97. The highest BCUT2D eigenvalue weighted by atomic mass is 35.5. The summed E-state index contributed by atoms with van der Waals surface area (Å²) >= 11 is 11.6. The van der Waals surface area contributed by atoms with Gasteiger partial charge in [-0.3, -0.25) is 4.79 Å². The lowest BCUT2D eigenvalue weighted by molar-refractivity contribution is -0.155. The van der Waals surface area contributed by atoms with Crippen LogP contribution in [-0.2, 0) is 14.3 Å². The van der Waals surface area contributed by atoms with Gasteiger partial charge in [0.15, 0.2) is 5.60 Å². The molecule has 4 N–H and O–H groups in total. The van der Waals surface area contributed by atoms with Crippen LogP contribution in [0.15, 0.2) is 12.1 Å². The topological polar surface area (TPSA) is 127 Å². The van der Waals surface area contributed by atoms with Crippen molar-refractivity contribution >= 4 is 46.8 Å². The van der Waals surface area contributed by atoms with Crippen LogP contribution in [0.2, 0.25) is 10.0 Å². The predicted octanol–water partition coefficient (Wildman–Crippen LogP) is 2.39. The number of alkyl halides is 1. The van der Waals surface area contributed by atoms with Gasteiger partial charge in [-0.25, -0.2) is 14.0 Å². The van der Waals surface area contributed by atoms with Crippen molar-refractivity contribution in [1.82, 2.24) is 0 Å². The zero-order valence-corrected chi connectivity index (χ0v) is 14.0. The molecule has 134 valence electrons. The van der Waals surface area contributed by atoms with Gasteiger partial charge >= 0.3 is 17.9 Å². The summed E-state index contributed by atoms with van der Waals surface area (Å²) in [5.41, 5.74) is 0.00425. The quantitative estimate of drug-likeness (QED) is 0.530. The summed E-state index contributed by atoms with van der Waals surface area (Å²) in [6.45, 7) is 0. The van der Waals surface area contributed by atoms with Gasteiger partial charge in [0.25, 0.3) is 5.67 Å². The fourth-order valence-corrected chi connectivity index (χ4v) is 4.09. The van der Waals surface area contributed by atoms with Crippen LogP contribution in [0.3, 0.4) is 0 Å². The number of carboxylic acids is 2. The molecule has 25 heavy (non-hydrogen) atoms. The average molecular weight is 392 g/mol. The Kier molecular flexibility index (Phi) is 3.88. The molecule has 1 aromatic carbocycles. The van der Waals surface area contributed by atoms with Gasteiger partial charge in [0.2, 0.25) is 0 Å². The summed E-state index contributed by atoms with van der Waals surface area (Å²) < 4.78 is 20.0. The third kappa shape index (κ3) is 2.13. The molecule has 7 nitrogen and oxygen atoms in total. The highest BCUT2D eigenvalue weighted by Crippen LogP contribution is 2.71. The molecule has 2 aliphatic carbocycles. The van der Waals surface area contributed by atoms with Gasteiger partial charge in [0.1, 0.15) is 5.92 Å². The fourth-order valence-electron chi connectivity index (χ4n) is 3.76. The van der Waals surface area contributed by atoms with Crippen molar-refractivity contribution < 1.29 is 33.7 Å². The lowest BCUT2D eigenvalue weighted by Crippen LogP contribution is -2.43. The summed E-state index contributed by atoms with van der Waals surface area (Å²) in [4.78, 5) is 35.2. The SMILES string of the molecule is Nc1c(C(=O)OC23C(C(=O)O)CCC2C3(F)C(=O)O)ccc(Cl)c1Cl. The normalized spacial score (nSPS) is 32.8. The first-order valence-electron chi connectivity index (χ1n) is 7.21. The molecule has 2 aliphatic rings. The van der Waals surface area contributed by atoms with Crippen LogP contribution in [0.4, 0.5) is 10.1 Å².